The van der Waals surface area contributed by atoms with Crippen LogP contribution >= 0.6 is 23.2 Å². The van der Waals surface area contributed by atoms with Gasteiger partial charge < -0.3 is 4.90 Å². The van der Waals surface area contributed by atoms with Crippen LogP contribution in [-0.4, -0.2) is 45.4 Å². The highest BCUT2D eigenvalue weighted by atomic mass is 35.5. The molecule has 8 heteroatoms. The van der Waals surface area contributed by atoms with Crippen molar-refractivity contribution in [2.75, 3.05) is 32.7 Å². The van der Waals surface area contributed by atoms with E-state index in [1.54, 1.807) is 12.1 Å². The van der Waals surface area contributed by atoms with Crippen molar-refractivity contribution in [2.45, 2.75) is 11.3 Å². The zero-order valence-corrected chi connectivity index (χ0v) is 13.7. The van der Waals surface area contributed by atoms with Gasteiger partial charge in [0.15, 0.2) is 0 Å². The van der Waals surface area contributed by atoms with E-state index in [1.165, 1.54) is 15.3 Å². The van der Waals surface area contributed by atoms with Crippen molar-refractivity contribution < 1.29 is 13.3 Å². The first-order valence-corrected chi connectivity index (χ1v) is 8.81. The van der Waals surface area contributed by atoms with Gasteiger partial charge in [-0.3, -0.25) is 0 Å². The molecule has 0 bridgehead atoms. The SMILES string of the molecule is N#CCC[NH+]1CCN(S(=O)(=O)c2cccc(Cl)c2Cl)CC1. The second-order valence-electron chi connectivity index (χ2n) is 4.86. The Morgan fingerprint density at radius 2 is 1.95 bits per heavy atom. The first-order chi connectivity index (χ1) is 9.96. The number of quaternary nitrogens is 1. The van der Waals surface area contributed by atoms with E-state index in [2.05, 4.69) is 6.07 Å². The Morgan fingerprint density at radius 1 is 1.29 bits per heavy atom. The summed E-state index contributed by atoms with van der Waals surface area (Å²) < 4.78 is 26.6. The van der Waals surface area contributed by atoms with Crippen LogP contribution in [0.3, 0.4) is 0 Å². The van der Waals surface area contributed by atoms with Gasteiger partial charge in [-0.05, 0) is 12.1 Å². The van der Waals surface area contributed by atoms with Crippen molar-refractivity contribution in [3.05, 3.63) is 28.2 Å². The second kappa shape index (κ2) is 6.95. The van der Waals surface area contributed by atoms with E-state index >= 15 is 0 Å². The lowest BCUT2D eigenvalue weighted by Gasteiger charge is -2.31. The van der Waals surface area contributed by atoms with Crippen LogP contribution in [0.25, 0.3) is 0 Å². The molecule has 0 aromatic heterocycles. The Labute approximate surface area is 134 Å². The fraction of sp³-hybridized carbons (Fsp3) is 0.462. The van der Waals surface area contributed by atoms with E-state index in [4.69, 9.17) is 28.5 Å². The zero-order chi connectivity index (χ0) is 15.5. The lowest BCUT2D eigenvalue weighted by atomic mass is 10.3. The standard InChI is InChI=1S/C13H15Cl2N3O2S/c14-11-3-1-4-12(13(11)15)21(19,20)18-9-7-17(8-10-18)6-2-5-16/h1,3-4H,2,6-10H2/p+1. The third kappa shape index (κ3) is 3.68. The molecule has 0 unspecified atom stereocenters. The van der Waals surface area contributed by atoms with E-state index in [0.717, 1.165) is 6.54 Å². The van der Waals surface area contributed by atoms with E-state index in [1.807, 2.05) is 0 Å². The molecule has 0 saturated carbocycles. The number of nitrogens with one attached hydrogen (secondary N) is 1. The minimum absolute atomic E-state index is 0.0529. The van der Waals surface area contributed by atoms with Crippen LogP contribution in [-0.2, 0) is 10.0 Å². The molecule has 1 N–H and O–H groups in total. The van der Waals surface area contributed by atoms with E-state index in [0.29, 0.717) is 32.6 Å². The Bertz CT molecular complexity index is 650. The molecule has 1 aromatic rings. The molecule has 1 fully saturated rings. The van der Waals surface area contributed by atoms with Gasteiger partial charge in [0, 0.05) is 0 Å². The first-order valence-electron chi connectivity index (χ1n) is 6.61. The summed E-state index contributed by atoms with van der Waals surface area (Å²) in [6.45, 7) is 2.98. The van der Waals surface area contributed by atoms with Gasteiger partial charge in [-0.25, -0.2) is 8.42 Å². The summed E-state index contributed by atoms with van der Waals surface area (Å²) in [7, 11) is -3.62. The smallest absolute Gasteiger partial charge is 0.245 e. The van der Waals surface area contributed by atoms with Crippen molar-refractivity contribution >= 4 is 33.2 Å². The van der Waals surface area contributed by atoms with Crippen molar-refractivity contribution in [2.24, 2.45) is 0 Å². The molecule has 5 nitrogen and oxygen atoms in total. The highest BCUT2D eigenvalue weighted by molar-refractivity contribution is 7.89. The number of hydrogen-bond acceptors (Lipinski definition) is 3. The van der Waals surface area contributed by atoms with Gasteiger partial charge >= 0.3 is 0 Å². The molecule has 2 rings (SSSR count). The molecule has 1 aromatic carbocycles. The molecule has 21 heavy (non-hydrogen) atoms. The van der Waals surface area contributed by atoms with Crippen molar-refractivity contribution in [3.63, 3.8) is 0 Å². The molecule has 0 aliphatic carbocycles. The Balaban J connectivity index is 2.12. The average Bonchev–Trinajstić information content (AvgIpc) is 2.48. The highest BCUT2D eigenvalue weighted by Crippen LogP contribution is 2.30. The maximum Gasteiger partial charge on any atom is 0.245 e. The van der Waals surface area contributed by atoms with Gasteiger partial charge in [0.1, 0.15) is 4.90 Å². The van der Waals surface area contributed by atoms with Crippen LogP contribution in [0.5, 0.6) is 0 Å². The molecular weight excluding hydrogens is 333 g/mol. The number of nitriles is 1. The summed E-state index contributed by atoms with van der Waals surface area (Å²) in [6.07, 6.45) is 0.488. The molecule has 0 atom stereocenters. The van der Waals surface area contributed by atoms with Gasteiger partial charge in [-0.1, -0.05) is 29.3 Å². The molecule has 114 valence electrons. The molecule has 1 aliphatic heterocycles. The van der Waals surface area contributed by atoms with Gasteiger partial charge in [-0.2, -0.15) is 9.57 Å². The van der Waals surface area contributed by atoms with E-state index in [-0.39, 0.29) is 14.9 Å². The summed E-state index contributed by atoms with van der Waals surface area (Å²) in [4.78, 5) is 1.30. The van der Waals surface area contributed by atoms with Gasteiger partial charge in [0.25, 0.3) is 0 Å². The van der Waals surface area contributed by atoms with Crippen LogP contribution in [0.1, 0.15) is 6.42 Å². The van der Waals surface area contributed by atoms with Crippen LogP contribution in [0, 0.1) is 11.3 Å². The number of nitrogens with zero attached hydrogens (tertiary/aromatic N) is 2. The summed E-state index contributed by atoms with van der Waals surface area (Å²) >= 11 is 11.9. The van der Waals surface area contributed by atoms with Crippen LogP contribution < -0.4 is 4.90 Å². The molecule has 0 amide bonds. The fourth-order valence-corrected chi connectivity index (χ4v) is 4.53. The summed E-state index contributed by atoms with van der Waals surface area (Å²) in [6, 6.07) is 6.72. The van der Waals surface area contributed by atoms with Crippen molar-refractivity contribution in [1.29, 1.82) is 5.26 Å². The van der Waals surface area contributed by atoms with E-state index < -0.39 is 10.0 Å². The first kappa shape index (κ1) is 16.5. The number of sulfonamides is 1. The Kier molecular flexibility index (Phi) is 5.47. The van der Waals surface area contributed by atoms with Crippen LogP contribution in [0.2, 0.25) is 10.0 Å². The monoisotopic (exact) mass is 348 g/mol. The molecule has 0 spiro atoms. The van der Waals surface area contributed by atoms with Gasteiger partial charge in [-0.15, -0.1) is 0 Å². The maximum absolute atomic E-state index is 12.6. The summed E-state index contributed by atoms with van der Waals surface area (Å²) in [5.41, 5.74) is 0. The van der Waals surface area contributed by atoms with Crippen molar-refractivity contribution in [3.8, 4) is 6.07 Å². The van der Waals surface area contributed by atoms with Crippen LogP contribution in [0.4, 0.5) is 0 Å². The quantitative estimate of drug-likeness (QED) is 0.874. The van der Waals surface area contributed by atoms with Gasteiger partial charge in [0.05, 0.1) is 55.3 Å². The lowest BCUT2D eigenvalue weighted by molar-refractivity contribution is -0.903. The second-order valence-corrected chi connectivity index (χ2v) is 7.56. The molecule has 1 saturated heterocycles. The number of piperazine rings is 1. The minimum atomic E-state index is -3.62. The zero-order valence-electron chi connectivity index (χ0n) is 11.3. The fourth-order valence-electron chi connectivity index (χ4n) is 2.35. The van der Waals surface area contributed by atoms with Crippen molar-refractivity contribution in [1.82, 2.24) is 4.31 Å². The normalized spacial score (nSPS) is 17.6. The number of rotatable bonds is 4. The molecular formula is C13H16Cl2N3O2S+. The third-order valence-corrected chi connectivity index (χ3v) is 6.43. The molecule has 1 aliphatic rings. The minimum Gasteiger partial charge on any atom is -0.332 e. The predicted octanol–water partition coefficient (Wildman–Crippen LogP) is 0.796. The lowest BCUT2D eigenvalue weighted by Crippen LogP contribution is -3.14. The summed E-state index contributed by atoms with van der Waals surface area (Å²) in [5.74, 6) is 0. The molecule has 1 heterocycles. The van der Waals surface area contributed by atoms with Gasteiger partial charge in [0.2, 0.25) is 10.0 Å². The largest absolute Gasteiger partial charge is 0.332 e. The van der Waals surface area contributed by atoms with E-state index in [9.17, 15) is 8.42 Å². The topological polar surface area (TPSA) is 65.6 Å². The highest BCUT2D eigenvalue weighted by Gasteiger charge is 2.32. The number of benzene rings is 1. The maximum atomic E-state index is 12.6. The molecule has 0 radical (unpaired) electrons. The number of hydrogen-bond donors (Lipinski definition) is 1. The average molecular weight is 349 g/mol. The Hall–Kier alpha value is -0.840. The Morgan fingerprint density at radius 3 is 2.57 bits per heavy atom. The number of halogens is 2. The predicted molar refractivity (Wildman–Crippen MR) is 81.0 cm³/mol. The third-order valence-electron chi connectivity index (χ3n) is 3.55. The van der Waals surface area contributed by atoms with Crippen LogP contribution in [0.15, 0.2) is 23.1 Å². The summed E-state index contributed by atoms with van der Waals surface area (Å²) in [5, 5.41) is 8.89.